The Morgan fingerprint density at radius 1 is 1.25 bits per heavy atom. The highest BCUT2D eigenvalue weighted by Gasteiger charge is 2.18. The summed E-state index contributed by atoms with van der Waals surface area (Å²) in [6, 6.07) is 8.00. The van der Waals surface area contributed by atoms with Gasteiger partial charge in [-0.2, -0.15) is 0 Å². The lowest BCUT2D eigenvalue weighted by Crippen LogP contribution is -2.18. The average molecular weight is 219 g/mol. The van der Waals surface area contributed by atoms with Crippen LogP contribution in [0.3, 0.4) is 0 Å². The summed E-state index contributed by atoms with van der Waals surface area (Å²) < 4.78 is 0. The lowest BCUT2D eigenvalue weighted by Gasteiger charge is -2.22. The monoisotopic (exact) mass is 219 g/mol. The number of carbonyl (C=O) groups is 1. The summed E-state index contributed by atoms with van der Waals surface area (Å²) in [6.45, 7) is 8.46. The molecule has 1 aromatic rings. The second kappa shape index (κ2) is 5.15. The predicted molar refractivity (Wildman–Crippen MR) is 68.7 cm³/mol. The molecule has 0 heterocycles. The van der Waals surface area contributed by atoms with Crippen molar-refractivity contribution in [1.82, 2.24) is 0 Å². The predicted octanol–water partition coefficient (Wildman–Crippen LogP) is 3.72. The van der Waals surface area contributed by atoms with Crippen LogP contribution in [0.25, 0.3) is 0 Å². The first-order chi connectivity index (χ1) is 7.45. The van der Waals surface area contributed by atoms with E-state index in [9.17, 15) is 4.79 Å². The number of hydrogen-bond donors (Lipinski definition) is 1. The molecule has 16 heavy (non-hydrogen) atoms. The van der Waals surface area contributed by atoms with Gasteiger partial charge in [0.15, 0.2) is 0 Å². The second-order valence-electron chi connectivity index (χ2n) is 5.09. The fraction of sp³-hybridized carbons (Fsp3) is 0.500. The zero-order valence-corrected chi connectivity index (χ0v) is 10.6. The van der Waals surface area contributed by atoms with E-state index >= 15 is 0 Å². The Hall–Kier alpha value is -1.31. The van der Waals surface area contributed by atoms with Gasteiger partial charge in [-0.05, 0) is 23.5 Å². The van der Waals surface area contributed by atoms with Gasteiger partial charge in [-0.3, -0.25) is 4.79 Å². The quantitative estimate of drug-likeness (QED) is 0.824. The molecule has 0 atom stereocenters. The van der Waals surface area contributed by atoms with E-state index in [-0.39, 0.29) is 11.3 Å². The molecule has 0 aromatic heterocycles. The van der Waals surface area contributed by atoms with Gasteiger partial charge in [0.05, 0.1) is 0 Å². The first kappa shape index (κ1) is 12.8. The van der Waals surface area contributed by atoms with Gasteiger partial charge in [-0.1, -0.05) is 45.9 Å². The lowest BCUT2D eigenvalue weighted by molar-refractivity contribution is -0.116. The summed E-state index contributed by atoms with van der Waals surface area (Å²) >= 11 is 0. The summed E-state index contributed by atoms with van der Waals surface area (Å²) in [5.74, 6) is 0.0965. The topological polar surface area (TPSA) is 29.1 Å². The van der Waals surface area contributed by atoms with Crippen LogP contribution >= 0.6 is 0 Å². The number of benzene rings is 1. The molecule has 2 nitrogen and oxygen atoms in total. The van der Waals surface area contributed by atoms with Crippen LogP contribution in [0.1, 0.15) is 46.1 Å². The molecule has 0 saturated carbocycles. The summed E-state index contributed by atoms with van der Waals surface area (Å²) in [4.78, 5) is 11.6. The van der Waals surface area contributed by atoms with E-state index in [0.717, 1.165) is 12.1 Å². The van der Waals surface area contributed by atoms with Crippen LogP contribution in [0.2, 0.25) is 0 Å². The summed E-state index contributed by atoms with van der Waals surface area (Å²) in [7, 11) is 0. The third-order valence-corrected chi connectivity index (χ3v) is 2.49. The van der Waals surface area contributed by atoms with Crippen molar-refractivity contribution < 1.29 is 4.79 Å². The fourth-order valence-corrected chi connectivity index (χ4v) is 1.69. The zero-order chi connectivity index (χ0) is 12.2. The minimum atomic E-state index is 0.0517. The molecule has 0 radical (unpaired) electrons. The molecule has 1 N–H and O–H groups in total. The molecular weight excluding hydrogens is 198 g/mol. The van der Waals surface area contributed by atoms with E-state index in [4.69, 9.17) is 0 Å². The molecule has 0 aliphatic carbocycles. The van der Waals surface area contributed by atoms with Crippen LogP contribution in [0.5, 0.6) is 0 Å². The lowest BCUT2D eigenvalue weighted by atomic mass is 9.86. The molecule has 2 heteroatoms. The maximum atomic E-state index is 11.6. The van der Waals surface area contributed by atoms with E-state index in [1.165, 1.54) is 5.56 Å². The van der Waals surface area contributed by atoms with Gasteiger partial charge in [-0.15, -0.1) is 0 Å². The molecule has 0 spiro atoms. The number of hydrogen-bond acceptors (Lipinski definition) is 1. The van der Waals surface area contributed by atoms with Crippen molar-refractivity contribution in [3.05, 3.63) is 29.8 Å². The molecule has 1 aromatic carbocycles. The fourth-order valence-electron chi connectivity index (χ4n) is 1.69. The van der Waals surface area contributed by atoms with Crippen molar-refractivity contribution in [2.75, 3.05) is 5.32 Å². The molecule has 88 valence electrons. The molecule has 0 aliphatic heterocycles. The number of rotatable bonds is 3. The van der Waals surface area contributed by atoms with Gasteiger partial charge in [-0.25, -0.2) is 0 Å². The van der Waals surface area contributed by atoms with E-state index in [2.05, 4.69) is 32.2 Å². The summed E-state index contributed by atoms with van der Waals surface area (Å²) in [5, 5.41) is 2.98. The molecule has 0 fully saturated rings. The molecule has 1 rings (SSSR count). The largest absolute Gasteiger partial charge is 0.326 e. The number of carbonyl (C=O) groups excluding carboxylic acids is 1. The number of anilines is 1. The Morgan fingerprint density at radius 2 is 1.88 bits per heavy atom. The Kier molecular flexibility index (Phi) is 4.11. The normalized spacial score (nSPS) is 11.2. The molecule has 0 saturated heterocycles. The smallest absolute Gasteiger partial charge is 0.224 e. The van der Waals surface area contributed by atoms with Crippen molar-refractivity contribution in [3.8, 4) is 0 Å². The number of para-hydroxylation sites is 1. The molecule has 0 bridgehead atoms. The van der Waals surface area contributed by atoms with E-state index in [0.29, 0.717) is 6.42 Å². The molecule has 1 amide bonds. The van der Waals surface area contributed by atoms with Crippen molar-refractivity contribution in [3.63, 3.8) is 0 Å². The number of amides is 1. The zero-order valence-electron chi connectivity index (χ0n) is 10.6. The van der Waals surface area contributed by atoms with Crippen molar-refractivity contribution in [2.45, 2.75) is 46.0 Å². The minimum absolute atomic E-state index is 0.0517. The van der Waals surface area contributed by atoms with Crippen molar-refractivity contribution >= 4 is 11.6 Å². The standard InChI is InChI=1S/C14H21NO/c1-5-8-13(16)15-12-10-7-6-9-11(12)14(2,3)4/h6-7,9-10H,5,8H2,1-4H3,(H,15,16). The number of nitrogens with one attached hydrogen (secondary N) is 1. The van der Waals surface area contributed by atoms with Gasteiger partial charge in [0.25, 0.3) is 0 Å². The van der Waals surface area contributed by atoms with Crippen molar-refractivity contribution in [1.29, 1.82) is 0 Å². The molecule has 0 aliphatic rings. The Morgan fingerprint density at radius 3 is 2.44 bits per heavy atom. The molecular formula is C14H21NO. The van der Waals surface area contributed by atoms with Crippen LogP contribution in [-0.4, -0.2) is 5.91 Å². The maximum Gasteiger partial charge on any atom is 0.224 e. The molecule has 0 unspecified atom stereocenters. The van der Waals surface area contributed by atoms with Crippen molar-refractivity contribution in [2.24, 2.45) is 0 Å². The Balaban J connectivity index is 2.92. The highest BCUT2D eigenvalue weighted by molar-refractivity contribution is 5.91. The highest BCUT2D eigenvalue weighted by atomic mass is 16.1. The van der Waals surface area contributed by atoms with Gasteiger partial charge in [0, 0.05) is 12.1 Å². The minimum Gasteiger partial charge on any atom is -0.326 e. The second-order valence-corrected chi connectivity index (χ2v) is 5.09. The van der Waals surface area contributed by atoms with Crippen LogP contribution in [0.15, 0.2) is 24.3 Å². The highest BCUT2D eigenvalue weighted by Crippen LogP contribution is 2.29. The van der Waals surface area contributed by atoms with Crippen LogP contribution < -0.4 is 5.32 Å². The SMILES string of the molecule is CCCC(=O)Nc1ccccc1C(C)(C)C. The first-order valence-corrected chi connectivity index (χ1v) is 5.84. The van der Waals surface area contributed by atoms with Gasteiger partial charge < -0.3 is 5.32 Å². The summed E-state index contributed by atoms with van der Waals surface area (Å²) in [5.41, 5.74) is 2.17. The van der Waals surface area contributed by atoms with Gasteiger partial charge in [0.2, 0.25) is 5.91 Å². The third kappa shape index (κ3) is 3.37. The van der Waals surface area contributed by atoms with Gasteiger partial charge >= 0.3 is 0 Å². The van der Waals surface area contributed by atoms with Crippen LogP contribution in [0.4, 0.5) is 5.69 Å². The Labute approximate surface area is 98.1 Å². The van der Waals surface area contributed by atoms with Crippen LogP contribution in [0, 0.1) is 0 Å². The van der Waals surface area contributed by atoms with Gasteiger partial charge in [0.1, 0.15) is 0 Å². The van der Waals surface area contributed by atoms with E-state index in [1.54, 1.807) is 0 Å². The van der Waals surface area contributed by atoms with E-state index in [1.807, 2.05) is 25.1 Å². The van der Waals surface area contributed by atoms with E-state index < -0.39 is 0 Å². The third-order valence-electron chi connectivity index (χ3n) is 2.49. The maximum absolute atomic E-state index is 11.6. The van der Waals surface area contributed by atoms with Crippen LogP contribution in [-0.2, 0) is 10.2 Å². The average Bonchev–Trinajstić information content (AvgIpc) is 2.17. The summed E-state index contributed by atoms with van der Waals surface area (Å²) in [6.07, 6.45) is 1.46. The first-order valence-electron chi connectivity index (χ1n) is 5.84. The Bertz CT molecular complexity index is 363.